The molecule has 0 bridgehead atoms. The zero-order valence-electron chi connectivity index (χ0n) is 15.3. The van der Waals surface area contributed by atoms with Crippen molar-refractivity contribution in [3.8, 4) is 6.07 Å². The Hall–Kier alpha value is -3.01. The molecule has 1 rings (SSSR count). The molecule has 26 heavy (non-hydrogen) atoms. The molecule has 2 atom stereocenters. The SMILES string of the molecule is CC(=N)[C@@H](C#N)C(=O)COC(=O)[C@@H](NC(=O)c1ccccc1C)C(C)C. The summed E-state index contributed by atoms with van der Waals surface area (Å²) in [5.41, 5.74) is 1.11. The molecule has 0 aliphatic rings. The molecule has 1 aromatic carbocycles. The number of ketones is 1. The summed E-state index contributed by atoms with van der Waals surface area (Å²) in [6.45, 7) is 6.00. The maximum absolute atomic E-state index is 12.4. The predicted octanol–water partition coefficient (Wildman–Crippen LogP) is 2.04. The second kappa shape index (κ2) is 9.47. The van der Waals surface area contributed by atoms with E-state index in [4.69, 9.17) is 15.4 Å². The minimum absolute atomic E-state index is 0.109. The lowest BCUT2D eigenvalue weighted by Crippen LogP contribution is -2.46. The molecule has 1 amide bonds. The van der Waals surface area contributed by atoms with E-state index in [1.54, 1.807) is 45.0 Å². The lowest BCUT2D eigenvalue weighted by Gasteiger charge is -2.21. The van der Waals surface area contributed by atoms with Crippen molar-refractivity contribution in [2.75, 3.05) is 6.61 Å². The number of benzene rings is 1. The molecule has 0 fully saturated rings. The highest BCUT2D eigenvalue weighted by Crippen LogP contribution is 2.10. The van der Waals surface area contributed by atoms with Crippen molar-refractivity contribution in [2.24, 2.45) is 11.8 Å². The van der Waals surface area contributed by atoms with Gasteiger partial charge in [0.15, 0.2) is 12.4 Å². The highest BCUT2D eigenvalue weighted by atomic mass is 16.5. The third-order valence-electron chi connectivity index (χ3n) is 3.84. The van der Waals surface area contributed by atoms with Gasteiger partial charge in [0.2, 0.25) is 0 Å². The monoisotopic (exact) mass is 357 g/mol. The van der Waals surface area contributed by atoms with Crippen LogP contribution >= 0.6 is 0 Å². The fourth-order valence-electron chi connectivity index (χ4n) is 2.27. The van der Waals surface area contributed by atoms with E-state index in [9.17, 15) is 14.4 Å². The smallest absolute Gasteiger partial charge is 0.329 e. The van der Waals surface area contributed by atoms with E-state index in [-0.39, 0.29) is 11.6 Å². The van der Waals surface area contributed by atoms with Crippen LogP contribution in [0.5, 0.6) is 0 Å². The molecule has 138 valence electrons. The zero-order valence-corrected chi connectivity index (χ0v) is 15.3. The van der Waals surface area contributed by atoms with Crippen molar-refractivity contribution in [1.82, 2.24) is 5.32 Å². The number of carbonyl (C=O) groups is 3. The number of hydrogen-bond donors (Lipinski definition) is 2. The van der Waals surface area contributed by atoms with Crippen LogP contribution in [-0.2, 0) is 14.3 Å². The number of nitrogens with zero attached hydrogens (tertiary/aromatic N) is 1. The number of Topliss-reactive ketones (excluding diaryl/α,β-unsaturated/α-hetero) is 1. The first-order chi connectivity index (χ1) is 12.2. The maximum Gasteiger partial charge on any atom is 0.329 e. The Bertz CT molecular complexity index is 749. The molecular weight excluding hydrogens is 334 g/mol. The number of ether oxygens (including phenoxy) is 1. The van der Waals surface area contributed by atoms with Crippen molar-refractivity contribution in [1.29, 1.82) is 10.7 Å². The van der Waals surface area contributed by atoms with Crippen LogP contribution < -0.4 is 5.32 Å². The molecular formula is C19H23N3O4. The average molecular weight is 357 g/mol. The summed E-state index contributed by atoms with van der Waals surface area (Å²) in [5, 5.41) is 18.9. The first-order valence-electron chi connectivity index (χ1n) is 8.19. The number of esters is 1. The van der Waals surface area contributed by atoms with Crippen LogP contribution in [0.2, 0.25) is 0 Å². The number of nitrogens with one attached hydrogen (secondary N) is 2. The molecule has 0 spiro atoms. The van der Waals surface area contributed by atoms with E-state index in [1.807, 2.05) is 6.07 Å². The summed E-state index contributed by atoms with van der Waals surface area (Å²) < 4.78 is 4.98. The first-order valence-corrected chi connectivity index (χ1v) is 8.19. The Kier molecular flexibility index (Phi) is 7.66. The Morgan fingerprint density at radius 1 is 1.27 bits per heavy atom. The van der Waals surface area contributed by atoms with Gasteiger partial charge in [-0.05, 0) is 31.4 Å². The zero-order chi connectivity index (χ0) is 19.9. The third-order valence-corrected chi connectivity index (χ3v) is 3.84. The first kappa shape index (κ1) is 21.0. The van der Waals surface area contributed by atoms with Gasteiger partial charge in [0.25, 0.3) is 5.91 Å². The molecule has 0 saturated heterocycles. The standard InChI is InChI=1S/C19H23N3O4/c1-11(2)17(22-18(24)14-8-6-5-7-12(14)3)19(25)26-10-16(23)15(9-20)13(4)21/h5-8,11,15,17,21H,10H2,1-4H3,(H,22,24)/t15-,17+/m1/s1. The van der Waals surface area contributed by atoms with E-state index in [0.717, 1.165) is 5.56 Å². The number of aryl methyl sites for hydroxylation is 1. The van der Waals surface area contributed by atoms with E-state index in [0.29, 0.717) is 5.56 Å². The van der Waals surface area contributed by atoms with E-state index in [1.165, 1.54) is 6.92 Å². The predicted molar refractivity (Wildman–Crippen MR) is 95.7 cm³/mol. The van der Waals surface area contributed by atoms with Gasteiger partial charge in [0.05, 0.1) is 6.07 Å². The summed E-state index contributed by atoms with van der Waals surface area (Å²) in [6.07, 6.45) is 0. The van der Waals surface area contributed by atoms with Crippen molar-refractivity contribution in [3.63, 3.8) is 0 Å². The van der Waals surface area contributed by atoms with Crippen molar-refractivity contribution >= 4 is 23.4 Å². The Morgan fingerprint density at radius 3 is 2.38 bits per heavy atom. The van der Waals surface area contributed by atoms with Gasteiger partial charge in [0, 0.05) is 11.3 Å². The molecule has 2 N–H and O–H groups in total. The van der Waals surface area contributed by atoms with Gasteiger partial charge in [0.1, 0.15) is 12.0 Å². The Morgan fingerprint density at radius 2 is 1.88 bits per heavy atom. The Labute approximate surface area is 152 Å². The molecule has 7 heteroatoms. The minimum Gasteiger partial charge on any atom is -0.456 e. The topological polar surface area (TPSA) is 120 Å². The summed E-state index contributed by atoms with van der Waals surface area (Å²) >= 11 is 0. The van der Waals surface area contributed by atoms with Gasteiger partial charge in [-0.3, -0.25) is 9.59 Å². The fraction of sp³-hybridized carbons (Fsp3) is 0.421. The van der Waals surface area contributed by atoms with Crippen LogP contribution in [0.3, 0.4) is 0 Å². The van der Waals surface area contributed by atoms with Crippen molar-refractivity contribution < 1.29 is 19.1 Å². The van der Waals surface area contributed by atoms with Gasteiger partial charge < -0.3 is 15.5 Å². The number of rotatable bonds is 8. The lowest BCUT2D eigenvalue weighted by molar-refractivity contribution is -0.151. The van der Waals surface area contributed by atoms with Gasteiger partial charge >= 0.3 is 5.97 Å². The molecule has 0 saturated carbocycles. The highest BCUT2D eigenvalue weighted by molar-refractivity contribution is 6.06. The summed E-state index contributed by atoms with van der Waals surface area (Å²) in [7, 11) is 0. The normalized spacial score (nSPS) is 12.6. The van der Waals surface area contributed by atoms with E-state index >= 15 is 0 Å². The van der Waals surface area contributed by atoms with Gasteiger partial charge in [-0.25, -0.2) is 4.79 Å². The highest BCUT2D eigenvalue weighted by Gasteiger charge is 2.28. The summed E-state index contributed by atoms with van der Waals surface area (Å²) in [5.74, 6) is -3.32. The van der Waals surface area contributed by atoms with Gasteiger partial charge in [-0.2, -0.15) is 5.26 Å². The molecule has 0 heterocycles. The largest absolute Gasteiger partial charge is 0.456 e. The van der Waals surface area contributed by atoms with Crippen LogP contribution in [0, 0.1) is 35.5 Å². The third kappa shape index (κ3) is 5.52. The molecule has 0 aliphatic carbocycles. The quantitative estimate of drug-likeness (QED) is 0.545. The summed E-state index contributed by atoms with van der Waals surface area (Å²) in [6, 6.07) is 7.75. The molecule has 7 nitrogen and oxygen atoms in total. The van der Waals surface area contributed by atoms with Crippen LogP contribution in [0.25, 0.3) is 0 Å². The summed E-state index contributed by atoms with van der Waals surface area (Å²) in [4.78, 5) is 36.6. The van der Waals surface area contributed by atoms with Gasteiger partial charge in [-0.1, -0.05) is 32.0 Å². The van der Waals surface area contributed by atoms with Gasteiger partial charge in [-0.15, -0.1) is 0 Å². The molecule has 0 aliphatic heterocycles. The Balaban J connectivity index is 2.78. The molecule has 0 unspecified atom stereocenters. The van der Waals surface area contributed by atoms with Crippen molar-refractivity contribution in [2.45, 2.75) is 33.7 Å². The van der Waals surface area contributed by atoms with Crippen molar-refractivity contribution in [3.05, 3.63) is 35.4 Å². The number of nitriles is 1. The van der Waals surface area contributed by atoms with Crippen LogP contribution in [0.4, 0.5) is 0 Å². The molecule has 0 aromatic heterocycles. The van der Waals surface area contributed by atoms with E-state index < -0.39 is 36.2 Å². The number of amides is 1. The van der Waals surface area contributed by atoms with Crippen LogP contribution in [0.1, 0.15) is 36.7 Å². The fourth-order valence-corrected chi connectivity index (χ4v) is 2.27. The van der Waals surface area contributed by atoms with E-state index in [2.05, 4.69) is 5.32 Å². The van der Waals surface area contributed by atoms with Crippen LogP contribution in [-0.4, -0.2) is 36.0 Å². The minimum atomic E-state index is -1.23. The molecule has 0 radical (unpaired) electrons. The lowest BCUT2D eigenvalue weighted by atomic mass is 10.0. The second-order valence-electron chi connectivity index (χ2n) is 6.33. The molecule has 1 aromatic rings. The number of hydrogen-bond acceptors (Lipinski definition) is 6. The average Bonchev–Trinajstić information content (AvgIpc) is 2.57. The second-order valence-corrected chi connectivity index (χ2v) is 6.33. The van der Waals surface area contributed by atoms with Crippen LogP contribution in [0.15, 0.2) is 24.3 Å². The maximum atomic E-state index is 12.4. The number of carbonyl (C=O) groups excluding carboxylic acids is 3.